The van der Waals surface area contributed by atoms with Gasteiger partial charge in [0.05, 0.1) is 0 Å². The summed E-state index contributed by atoms with van der Waals surface area (Å²) in [6.45, 7) is 3.12. The Hall–Kier alpha value is -0.640. The highest BCUT2D eigenvalue weighted by molar-refractivity contribution is 9.09. The third-order valence-corrected chi connectivity index (χ3v) is 2.38. The molecule has 1 rings (SSSR count). The monoisotopic (exact) mass is 257 g/mol. The normalized spacial score (nSPS) is 10.2. The number of halogens is 1. The highest BCUT2D eigenvalue weighted by Crippen LogP contribution is 2.10. The second-order valence-electron chi connectivity index (χ2n) is 3.23. The minimum atomic E-state index is 0.955. The SMILES string of the molecule is CCCc1cc(N(C)CCBr)ncn1. The van der Waals surface area contributed by atoms with Crippen LogP contribution in [0.5, 0.6) is 0 Å². The van der Waals surface area contributed by atoms with E-state index in [4.69, 9.17) is 0 Å². The molecule has 0 atom stereocenters. The largest absolute Gasteiger partial charge is 0.359 e. The van der Waals surface area contributed by atoms with E-state index in [2.05, 4.69) is 43.8 Å². The van der Waals surface area contributed by atoms with Crippen LogP contribution in [-0.2, 0) is 6.42 Å². The lowest BCUT2D eigenvalue weighted by molar-refractivity contribution is 0.858. The van der Waals surface area contributed by atoms with Gasteiger partial charge >= 0.3 is 0 Å². The summed E-state index contributed by atoms with van der Waals surface area (Å²) in [6, 6.07) is 2.06. The fraction of sp³-hybridized carbons (Fsp3) is 0.600. The average Bonchev–Trinajstić information content (AvgIpc) is 2.19. The average molecular weight is 258 g/mol. The Bertz CT molecular complexity index is 278. The molecule has 0 aliphatic carbocycles. The van der Waals surface area contributed by atoms with Crippen LogP contribution in [0.4, 0.5) is 5.82 Å². The second-order valence-corrected chi connectivity index (χ2v) is 4.02. The molecule has 0 N–H and O–H groups in total. The summed E-state index contributed by atoms with van der Waals surface area (Å²) in [5, 5.41) is 0.955. The highest BCUT2D eigenvalue weighted by atomic mass is 79.9. The standard InChI is InChI=1S/C10H16BrN3/c1-3-4-9-7-10(13-8-12-9)14(2)6-5-11/h7-8H,3-6H2,1-2H3. The summed E-state index contributed by atoms with van der Waals surface area (Å²) in [5.74, 6) is 1.00. The van der Waals surface area contributed by atoms with E-state index in [0.29, 0.717) is 0 Å². The Balaban J connectivity index is 2.71. The molecule has 0 saturated carbocycles. The number of aromatic nitrogens is 2. The van der Waals surface area contributed by atoms with E-state index in [1.54, 1.807) is 6.33 Å². The first-order valence-corrected chi connectivity index (χ1v) is 5.98. The maximum Gasteiger partial charge on any atom is 0.131 e. The lowest BCUT2D eigenvalue weighted by Gasteiger charge is -2.16. The number of rotatable bonds is 5. The van der Waals surface area contributed by atoms with Crippen molar-refractivity contribution in [3.8, 4) is 0 Å². The minimum absolute atomic E-state index is 0.955. The van der Waals surface area contributed by atoms with Crippen molar-refractivity contribution < 1.29 is 0 Å². The van der Waals surface area contributed by atoms with Crippen LogP contribution in [0.25, 0.3) is 0 Å². The molecule has 1 heterocycles. The second kappa shape index (κ2) is 5.96. The minimum Gasteiger partial charge on any atom is -0.359 e. The molecule has 0 bridgehead atoms. The first-order valence-electron chi connectivity index (χ1n) is 4.86. The van der Waals surface area contributed by atoms with Gasteiger partial charge in [0.25, 0.3) is 0 Å². The van der Waals surface area contributed by atoms with Gasteiger partial charge in [0.15, 0.2) is 0 Å². The predicted molar refractivity (Wildman–Crippen MR) is 63.1 cm³/mol. The van der Waals surface area contributed by atoms with Crippen molar-refractivity contribution in [1.29, 1.82) is 0 Å². The Labute approximate surface area is 93.7 Å². The molecule has 78 valence electrons. The number of alkyl halides is 1. The molecule has 3 nitrogen and oxygen atoms in total. The van der Waals surface area contributed by atoms with Crippen molar-refractivity contribution in [2.75, 3.05) is 23.8 Å². The Morgan fingerprint density at radius 3 is 2.86 bits per heavy atom. The van der Waals surface area contributed by atoms with Gasteiger partial charge in [0.1, 0.15) is 12.1 Å². The number of hydrogen-bond donors (Lipinski definition) is 0. The van der Waals surface area contributed by atoms with Gasteiger partial charge in [-0.2, -0.15) is 0 Å². The molecule has 0 fully saturated rings. The summed E-state index contributed by atoms with van der Waals surface area (Å²) >= 11 is 3.41. The Morgan fingerprint density at radius 2 is 2.21 bits per heavy atom. The summed E-state index contributed by atoms with van der Waals surface area (Å²) in [7, 11) is 2.04. The molecule has 0 aliphatic rings. The van der Waals surface area contributed by atoms with Crippen LogP contribution >= 0.6 is 15.9 Å². The quantitative estimate of drug-likeness (QED) is 0.758. The molecule has 0 saturated heterocycles. The number of anilines is 1. The van der Waals surface area contributed by atoms with Gasteiger partial charge < -0.3 is 4.90 Å². The van der Waals surface area contributed by atoms with E-state index in [1.165, 1.54) is 0 Å². The van der Waals surface area contributed by atoms with E-state index in [1.807, 2.05) is 7.05 Å². The molecule has 1 aromatic heterocycles. The van der Waals surface area contributed by atoms with Gasteiger partial charge in [-0.3, -0.25) is 0 Å². The lowest BCUT2D eigenvalue weighted by atomic mass is 10.2. The van der Waals surface area contributed by atoms with Crippen LogP contribution in [0.3, 0.4) is 0 Å². The number of hydrogen-bond acceptors (Lipinski definition) is 3. The molecule has 0 aliphatic heterocycles. The van der Waals surface area contributed by atoms with Crippen LogP contribution in [0.1, 0.15) is 19.0 Å². The van der Waals surface area contributed by atoms with Crippen molar-refractivity contribution >= 4 is 21.7 Å². The van der Waals surface area contributed by atoms with Gasteiger partial charge in [0, 0.05) is 30.7 Å². The molecule has 14 heavy (non-hydrogen) atoms. The molecule has 0 radical (unpaired) electrons. The van der Waals surface area contributed by atoms with Crippen LogP contribution < -0.4 is 4.90 Å². The van der Waals surface area contributed by atoms with Crippen LogP contribution in [0, 0.1) is 0 Å². The van der Waals surface area contributed by atoms with Crippen LogP contribution in [0.2, 0.25) is 0 Å². The fourth-order valence-corrected chi connectivity index (χ4v) is 1.76. The summed E-state index contributed by atoms with van der Waals surface area (Å²) in [6.07, 6.45) is 3.79. The van der Waals surface area contributed by atoms with Gasteiger partial charge in [-0.05, 0) is 6.42 Å². The zero-order valence-electron chi connectivity index (χ0n) is 8.70. The first kappa shape index (κ1) is 11.4. The van der Waals surface area contributed by atoms with E-state index < -0.39 is 0 Å². The van der Waals surface area contributed by atoms with Gasteiger partial charge in [-0.15, -0.1) is 0 Å². The molecular formula is C10H16BrN3. The van der Waals surface area contributed by atoms with Gasteiger partial charge in [-0.1, -0.05) is 29.3 Å². The Morgan fingerprint density at radius 1 is 1.43 bits per heavy atom. The first-order chi connectivity index (χ1) is 6.77. The molecule has 0 unspecified atom stereocenters. The summed E-state index contributed by atoms with van der Waals surface area (Å²) in [5.41, 5.74) is 1.12. The zero-order valence-corrected chi connectivity index (χ0v) is 10.3. The zero-order chi connectivity index (χ0) is 10.4. The lowest BCUT2D eigenvalue weighted by Crippen LogP contribution is -2.20. The molecule has 0 spiro atoms. The van der Waals surface area contributed by atoms with E-state index in [9.17, 15) is 0 Å². The van der Waals surface area contributed by atoms with Crippen molar-refractivity contribution in [3.63, 3.8) is 0 Å². The maximum absolute atomic E-state index is 4.23. The third kappa shape index (κ3) is 3.25. The molecule has 4 heteroatoms. The third-order valence-electron chi connectivity index (χ3n) is 2.03. The van der Waals surface area contributed by atoms with Crippen molar-refractivity contribution in [1.82, 2.24) is 9.97 Å². The van der Waals surface area contributed by atoms with Gasteiger partial charge in [-0.25, -0.2) is 9.97 Å². The predicted octanol–water partition coefficient (Wildman–Crippen LogP) is 2.26. The molecular weight excluding hydrogens is 242 g/mol. The van der Waals surface area contributed by atoms with Crippen molar-refractivity contribution in [2.24, 2.45) is 0 Å². The fourth-order valence-electron chi connectivity index (χ4n) is 1.23. The summed E-state index contributed by atoms with van der Waals surface area (Å²) < 4.78 is 0. The van der Waals surface area contributed by atoms with E-state index in [-0.39, 0.29) is 0 Å². The molecule has 0 aromatic carbocycles. The van der Waals surface area contributed by atoms with E-state index >= 15 is 0 Å². The topological polar surface area (TPSA) is 29.0 Å². The van der Waals surface area contributed by atoms with Gasteiger partial charge in [0.2, 0.25) is 0 Å². The highest BCUT2D eigenvalue weighted by Gasteiger charge is 2.02. The summed E-state index contributed by atoms with van der Waals surface area (Å²) in [4.78, 5) is 10.6. The maximum atomic E-state index is 4.23. The van der Waals surface area contributed by atoms with Crippen molar-refractivity contribution in [2.45, 2.75) is 19.8 Å². The van der Waals surface area contributed by atoms with E-state index in [0.717, 1.165) is 36.2 Å². The number of nitrogens with zero attached hydrogens (tertiary/aromatic N) is 3. The molecule has 1 aromatic rings. The Kier molecular flexibility index (Phi) is 4.87. The van der Waals surface area contributed by atoms with Crippen LogP contribution in [-0.4, -0.2) is 28.9 Å². The van der Waals surface area contributed by atoms with Crippen LogP contribution in [0.15, 0.2) is 12.4 Å². The molecule has 0 amide bonds. The number of aryl methyl sites for hydroxylation is 1. The van der Waals surface area contributed by atoms with Crippen molar-refractivity contribution in [3.05, 3.63) is 18.1 Å². The smallest absolute Gasteiger partial charge is 0.131 e.